The number of rotatable bonds is 6. The molecule has 0 amide bonds. The van der Waals surface area contributed by atoms with E-state index in [4.69, 9.17) is 0 Å². The fraction of sp³-hybridized carbons (Fsp3) is 0.600. The maximum absolute atomic E-state index is 12.9. The van der Waals surface area contributed by atoms with Gasteiger partial charge >= 0.3 is 6.18 Å². The monoisotopic (exact) mass is 478 g/mol. The van der Waals surface area contributed by atoms with Crippen LogP contribution in [-0.2, 0) is 16.2 Å². The zero-order valence-corrected chi connectivity index (χ0v) is 18.8. The van der Waals surface area contributed by atoms with Crippen molar-refractivity contribution in [1.29, 1.82) is 0 Å². The summed E-state index contributed by atoms with van der Waals surface area (Å²) in [6, 6.07) is 3.91. The average molecular weight is 479 g/mol. The first kappa shape index (κ1) is 24.0. The Bertz CT molecular complexity index is 1020. The van der Waals surface area contributed by atoms with Gasteiger partial charge in [-0.2, -0.15) is 13.2 Å². The SMILES string of the molecule is CS(=O)(=O)N(CC1CC1)CC1CCN(c2nccc3nc(C(F)(F)F)ccc23)CC1.Cl. The van der Waals surface area contributed by atoms with Gasteiger partial charge in [-0.3, -0.25) is 0 Å². The summed E-state index contributed by atoms with van der Waals surface area (Å²) < 4.78 is 64.7. The maximum atomic E-state index is 12.9. The lowest BCUT2D eigenvalue weighted by Gasteiger charge is -2.35. The summed E-state index contributed by atoms with van der Waals surface area (Å²) in [6.45, 7) is 2.50. The van der Waals surface area contributed by atoms with E-state index in [1.807, 2.05) is 0 Å². The largest absolute Gasteiger partial charge is 0.433 e. The highest BCUT2D eigenvalue weighted by atomic mass is 35.5. The molecule has 172 valence electrons. The Morgan fingerprint density at radius 3 is 2.23 bits per heavy atom. The standard InChI is InChI=1S/C20H25F3N4O2S.ClH/c1-30(28,29)27(12-14-2-3-14)13-15-7-10-26(11-8-15)19-16-4-5-18(20(21,22)23)25-17(16)6-9-24-19;/h4-6,9,14-15H,2-3,7-8,10-13H2,1H3;1H. The molecule has 1 aliphatic heterocycles. The fourth-order valence-electron chi connectivity index (χ4n) is 4.00. The van der Waals surface area contributed by atoms with E-state index < -0.39 is 21.9 Å². The Morgan fingerprint density at radius 1 is 1.06 bits per heavy atom. The highest BCUT2D eigenvalue weighted by Crippen LogP contribution is 2.34. The predicted octanol–water partition coefficient (Wildman–Crippen LogP) is 3.96. The molecule has 0 radical (unpaired) electrons. The summed E-state index contributed by atoms with van der Waals surface area (Å²) in [7, 11) is -3.22. The third-order valence-corrected chi connectivity index (χ3v) is 7.13. The van der Waals surface area contributed by atoms with Crippen LogP contribution in [0.3, 0.4) is 0 Å². The molecule has 4 rings (SSSR count). The number of fused-ring (bicyclic) bond motifs is 1. The first-order valence-electron chi connectivity index (χ1n) is 10.1. The van der Waals surface area contributed by atoms with E-state index in [0.717, 1.165) is 31.7 Å². The zero-order chi connectivity index (χ0) is 21.5. The van der Waals surface area contributed by atoms with Gasteiger partial charge in [0.05, 0.1) is 11.8 Å². The van der Waals surface area contributed by atoms with Crippen molar-refractivity contribution in [2.24, 2.45) is 11.8 Å². The number of hydrogen-bond donors (Lipinski definition) is 0. The lowest BCUT2D eigenvalue weighted by molar-refractivity contribution is -0.140. The molecule has 0 spiro atoms. The van der Waals surface area contributed by atoms with Crippen LogP contribution in [0, 0.1) is 11.8 Å². The summed E-state index contributed by atoms with van der Waals surface area (Å²) in [5.74, 6) is 1.39. The maximum Gasteiger partial charge on any atom is 0.433 e. The van der Waals surface area contributed by atoms with Gasteiger partial charge < -0.3 is 4.90 Å². The van der Waals surface area contributed by atoms with E-state index in [-0.39, 0.29) is 23.8 Å². The number of hydrogen-bond acceptors (Lipinski definition) is 5. The van der Waals surface area contributed by atoms with Gasteiger partial charge in [-0.15, -0.1) is 12.4 Å². The normalized spacial score (nSPS) is 18.4. The molecule has 3 heterocycles. The molecular formula is C20H26ClF3N4O2S. The molecule has 0 atom stereocenters. The fourth-order valence-corrected chi connectivity index (χ4v) is 4.96. The quantitative estimate of drug-likeness (QED) is 0.628. The second-order valence-corrected chi connectivity index (χ2v) is 10.3. The second kappa shape index (κ2) is 9.07. The minimum atomic E-state index is -4.48. The molecule has 6 nitrogen and oxygen atoms in total. The second-order valence-electron chi connectivity index (χ2n) is 8.35. The van der Waals surface area contributed by atoms with Crippen LogP contribution in [0.4, 0.5) is 19.0 Å². The molecular weight excluding hydrogens is 453 g/mol. The van der Waals surface area contributed by atoms with E-state index >= 15 is 0 Å². The topological polar surface area (TPSA) is 66.4 Å². The van der Waals surface area contributed by atoms with Crippen LogP contribution in [0.1, 0.15) is 31.4 Å². The molecule has 1 saturated carbocycles. The summed E-state index contributed by atoms with van der Waals surface area (Å²) >= 11 is 0. The molecule has 1 saturated heterocycles. The molecule has 2 aromatic rings. The molecule has 0 aromatic carbocycles. The van der Waals surface area contributed by atoms with Gasteiger partial charge in [0.2, 0.25) is 10.0 Å². The van der Waals surface area contributed by atoms with Crippen molar-refractivity contribution in [2.75, 3.05) is 37.3 Å². The van der Waals surface area contributed by atoms with Gasteiger partial charge in [0, 0.05) is 37.8 Å². The first-order chi connectivity index (χ1) is 14.1. The summed E-state index contributed by atoms with van der Waals surface area (Å²) in [6.07, 6.45) is 2.08. The van der Waals surface area contributed by atoms with Crippen molar-refractivity contribution in [1.82, 2.24) is 14.3 Å². The van der Waals surface area contributed by atoms with Gasteiger partial charge in [0.1, 0.15) is 11.5 Å². The van der Waals surface area contributed by atoms with Gasteiger partial charge in [-0.05, 0) is 55.7 Å². The molecule has 0 N–H and O–H groups in total. The van der Waals surface area contributed by atoms with Crippen LogP contribution in [0.25, 0.3) is 10.9 Å². The minimum Gasteiger partial charge on any atom is -0.356 e. The molecule has 0 unspecified atom stereocenters. The number of sulfonamides is 1. The molecule has 2 aliphatic rings. The van der Waals surface area contributed by atoms with Crippen LogP contribution < -0.4 is 4.90 Å². The average Bonchev–Trinajstić information content (AvgIpc) is 3.50. The number of anilines is 1. The third-order valence-electron chi connectivity index (χ3n) is 5.89. The van der Waals surface area contributed by atoms with Gasteiger partial charge in [-0.25, -0.2) is 22.7 Å². The predicted molar refractivity (Wildman–Crippen MR) is 116 cm³/mol. The number of piperidine rings is 1. The molecule has 0 bridgehead atoms. The number of alkyl halides is 3. The Balaban J connectivity index is 0.00000272. The molecule has 31 heavy (non-hydrogen) atoms. The zero-order valence-electron chi connectivity index (χ0n) is 17.2. The number of nitrogens with zero attached hydrogens (tertiary/aromatic N) is 4. The summed E-state index contributed by atoms with van der Waals surface area (Å²) in [4.78, 5) is 10.2. The van der Waals surface area contributed by atoms with E-state index in [2.05, 4.69) is 14.9 Å². The number of pyridine rings is 2. The Hall–Kier alpha value is -1.65. The van der Waals surface area contributed by atoms with Crippen LogP contribution in [0.5, 0.6) is 0 Å². The van der Waals surface area contributed by atoms with Crippen molar-refractivity contribution >= 4 is 39.2 Å². The lowest BCUT2D eigenvalue weighted by Crippen LogP contribution is -2.41. The Kier molecular flexibility index (Phi) is 7.02. The summed E-state index contributed by atoms with van der Waals surface area (Å²) in [5, 5.41) is 0.593. The smallest absolute Gasteiger partial charge is 0.356 e. The molecule has 2 aromatic heterocycles. The van der Waals surface area contributed by atoms with Crippen molar-refractivity contribution < 1.29 is 21.6 Å². The Labute approximate surface area is 186 Å². The lowest BCUT2D eigenvalue weighted by atomic mass is 9.96. The van der Waals surface area contributed by atoms with Crippen molar-refractivity contribution in [3.8, 4) is 0 Å². The van der Waals surface area contributed by atoms with Crippen LogP contribution in [-0.4, -0.2) is 55.1 Å². The van der Waals surface area contributed by atoms with Gasteiger partial charge in [-0.1, -0.05) is 0 Å². The van der Waals surface area contributed by atoms with Gasteiger partial charge in [0.15, 0.2) is 0 Å². The summed E-state index contributed by atoms with van der Waals surface area (Å²) in [5.41, 5.74) is -0.646. The Morgan fingerprint density at radius 2 is 1.68 bits per heavy atom. The highest BCUT2D eigenvalue weighted by Gasteiger charge is 2.33. The van der Waals surface area contributed by atoms with E-state index in [1.54, 1.807) is 4.31 Å². The molecule has 1 aliphatic carbocycles. The van der Waals surface area contributed by atoms with E-state index in [0.29, 0.717) is 43.3 Å². The third kappa shape index (κ3) is 5.78. The first-order valence-corrected chi connectivity index (χ1v) is 12.0. The van der Waals surface area contributed by atoms with Crippen LogP contribution in [0.15, 0.2) is 24.4 Å². The van der Waals surface area contributed by atoms with E-state index in [9.17, 15) is 21.6 Å². The van der Waals surface area contributed by atoms with Gasteiger partial charge in [0.25, 0.3) is 0 Å². The van der Waals surface area contributed by atoms with E-state index in [1.165, 1.54) is 24.6 Å². The van der Waals surface area contributed by atoms with Crippen molar-refractivity contribution in [3.05, 3.63) is 30.1 Å². The minimum absolute atomic E-state index is 0. The molecule has 11 heteroatoms. The number of halogens is 4. The molecule has 2 fully saturated rings. The van der Waals surface area contributed by atoms with Crippen molar-refractivity contribution in [3.63, 3.8) is 0 Å². The number of aromatic nitrogens is 2. The van der Waals surface area contributed by atoms with Crippen LogP contribution >= 0.6 is 12.4 Å². The van der Waals surface area contributed by atoms with Crippen molar-refractivity contribution in [2.45, 2.75) is 31.9 Å². The van der Waals surface area contributed by atoms with Crippen LogP contribution in [0.2, 0.25) is 0 Å². The highest BCUT2D eigenvalue weighted by molar-refractivity contribution is 7.88.